The minimum absolute atomic E-state index is 0.00936. The van der Waals surface area contributed by atoms with Gasteiger partial charge in [0.15, 0.2) is 0 Å². The van der Waals surface area contributed by atoms with Crippen molar-refractivity contribution in [3.05, 3.63) is 58.9 Å². The number of carbonyl (C=O) groups is 1. The lowest BCUT2D eigenvalue weighted by atomic mass is 10.1. The van der Waals surface area contributed by atoms with Gasteiger partial charge in [0, 0.05) is 16.1 Å². The average Bonchev–Trinajstić information content (AvgIpc) is 2.52. The highest BCUT2D eigenvalue weighted by atomic mass is 35.5. The first kappa shape index (κ1) is 16.8. The summed E-state index contributed by atoms with van der Waals surface area (Å²) in [5.41, 5.74) is 2.06. The van der Waals surface area contributed by atoms with Gasteiger partial charge in [0.2, 0.25) is 5.91 Å². The fourth-order valence-corrected chi connectivity index (χ4v) is 2.89. The van der Waals surface area contributed by atoms with Gasteiger partial charge in [-0.2, -0.15) is 0 Å². The van der Waals surface area contributed by atoms with Crippen molar-refractivity contribution in [2.24, 2.45) is 0 Å². The Bertz CT molecular complexity index is 631. The lowest BCUT2D eigenvalue weighted by Crippen LogP contribution is -2.30. The molecule has 1 heterocycles. The first-order chi connectivity index (χ1) is 10.6. The molecule has 0 bridgehead atoms. The second-order valence-electron chi connectivity index (χ2n) is 5.03. The predicted molar refractivity (Wildman–Crippen MR) is 92.3 cm³/mol. The van der Waals surface area contributed by atoms with Crippen molar-refractivity contribution in [3.63, 3.8) is 0 Å². The SMILES string of the molecule is CC[C@@H](NC(=O)CSc1ccc(Cl)cc1)c1cc(C)ccn1. The Balaban J connectivity index is 1.90. The number of nitrogens with one attached hydrogen (secondary N) is 1. The van der Waals surface area contributed by atoms with Crippen LogP contribution in [0.5, 0.6) is 0 Å². The molecule has 0 saturated carbocycles. The zero-order chi connectivity index (χ0) is 15.9. The molecule has 0 aliphatic heterocycles. The van der Waals surface area contributed by atoms with Crippen molar-refractivity contribution in [2.75, 3.05) is 5.75 Å². The molecule has 0 radical (unpaired) electrons. The smallest absolute Gasteiger partial charge is 0.230 e. The number of nitrogens with zero attached hydrogens (tertiary/aromatic N) is 1. The maximum Gasteiger partial charge on any atom is 0.230 e. The molecule has 1 aromatic carbocycles. The molecule has 1 N–H and O–H groups in total. The highest BCUT2D eigenvalue weighted by Gasteiger charge is 2.14. The highest BCUT2D eigenvalue weighted by molar-refractivity contribution is 8.00. The molecule has 2 aromatic rings. The van der Waals surface area contributed by atoms with Gasteiger partial charge in [-0.25, -0.2) is 0 Å². The van der Waals surface area contributed by atoms with Crippen LogP contribution in [0.15, 0.2) is 47.5 Å². The second kappa shape index (κ2) is 8.20. The molecular formula is C17H19ClN2OS. The van der Waals surface area contributed by atoms with E-state index in [4.69, 9.17) is 11.6 Å². The molecule has 3 nitrogen and oxygen atoms in total. The molecule has 1 atom stereocenters. The van der Waals surface area contributed by atoms with E-state index in [1.807, 2.05) is 50.2 Å². The fraction of sp³-hybridized carbons (Fsp3) is 0.294. The van der Waals surface area contributed by atoms with E-state index in [2.05, 4.69) is 10.3 Å². The van der Waals surface area contributed by atoms with Crippen molar-refractivity contribution >= 4 is 29.3 Å². The number of benzene rings is 1. The Labute approximate surface area is 140 Å². The van der Waals surface area contributed by atoms with Gasteiger partial charge in [0.1, 0.15) is 0 Å². The number of rotatable bonds is 6. The van der Waals surface area contributed by atoms with E-state index in [-0.39, 0.29) is 11.9 Å². The monoisotopic (exact) mass is 334 g/mol. The van der Waals surface area contributed by atoms with E-state index in [1.165, 1.54) is 11.8 Å². The van der Waals surface area contributed by atoms with E-state index < -0.39 is 0 Å². The molecule has 1 aromatic heterocycles. The summed E-state index contributed by atoms with van der Waals surface area (Å²) < 4.78 is 0. The van der Waals surface area contributed by atoms with E-state index in [0.29, 0.717) is 10.8 Å². The molecule has 22 heavy (non-hydrogen) atoms. The number of hydrogen-bond acceptors (Lipinski definition) is 3. The Morgan fingerprint density at radius 1 is 1.32 bits per heavy atom. The minimum Gasteiger partial charge on any atom is -0.347 e. The number of thioether (sulfide) groups is 1. The van der Waals surface area contributed by atoms with Crippen LogP contribution in [0.2, 0.25) is 5.02 Å². The third kappa shape index (κ3) is 5.04. The largest absolute Gasteiger partial charge is 0.347 e. The van der Waals surface area contributed by atoms with Crippen molar-refractivity contribution in [2.45, 2.75) is 31.2 Å². The van der Waals surface area contributed by atoms with Gasteiger partial charge in [-0.1, -0.05) is 18.5 Å². The number of aromatic nitrogens is 1. The van der Waals surface area contributed by atoms with Gasteiger partial charge in [-0.15, -0.1) is 11.8 Å². The molecule has 5 heteroatoms. The van der Waals surface area contributed by atoms with Crippen molar-refractivity contribution < 1.29 is 4.79 Å². The molecule has 2 rings (SSSR count). The molecule has 0 aliphatic rings. The summed E-state index contributed by atoms with van der Waals surface area (Å²) in [6.07, 6.45) is 2.59. The van der Waals surface area contributed by atoms with E-state index in [1.54, 1.807) is 6.20 Å². The van der Waals surface area contributed by atoms with Gasteiger partial charge >= 0.3 is 0 Å². The summed E-state index contributed by atoms with van der Waals surface area (Å²) >= 11 is 7.34. The Hall–Kier alpha value is -1.52. The molecule has 1 amide bonds. The third-order valence-corrected chi connectivity index (χ3v) is 4.48. The lowest BCUT2D eigenvalue weighted by Gasteiger charge is -2.16. The third-order valence-electron chi connectivity index (χ3n) is 3.22. The maximum atomic E-state index is 12.1. The summed E-state index contributed by atoms with van der Waals surface area (Å²) in [4.78, 5) is 17.5. The molecule has 0 unspecified atom stereocenters. The van der Waals surface area contributed by atoms with Crippen LogP contribution in [0, 0.1) is 6.92 Å². The van der Waals surface area contributed by atoms with E-state index >= 15 is 0 Å². The van der Waals surface area contributed by atoms with Crippen molar-refractivity contribution in [1.29, 1.82) is 0 Å². The van der Waals surface area contributed by atoms with Crippen LogP contribution in [0.1, 0.15) is 30.6 Å². The van der Waals surface area contributed by atoms with Crippen LogP contribution in [0.25, 0.3) is 0 Å². The summed E-state index contributed by atoms with van der Waals surface area (Å²) in [6, 6.07) is 11.4. The summed E-state index contributed by atoms with van der Waals surface area (Å²) in [5, 5.41) is 3.74. The first-order valence-corrected chi connectivity index (χ1v) is 8.55. The minimum atomic E-state index is -0.0433. The first-order valence-electron chi connectivity index (χ1n) is 7.18. The van der Waals surface area contributed by atoms with Gasteiger partial charge in [0.25, 0.3) is 0 Å². The quantitative estimate of drug-likeness (QED) is 0.796. The number of aryl methyl sites for hydroxylation is 1. The van der Waals surface area contributed by atoms with Gasteiger partial charge in [-0.3, -0.25) is 9.78 Å². The number of halogens is 1. The van der Waals surface area contributed by atoms with Gasteiger partial charge in [-0.05, 0) is 55.3 Å². The van der Waals surface area contributed by atoms with E-state index in [0.717, 1.165) is 22.6 Å². The standard InChI is InChI=1S/C17H19ClN2OS/c1-3-15(16-10-12(2)8-9-19-16)20-17(21)11-22-14-6-4-13(18)5-7-14/h4-10,15H,3,11H2,1-2H3,(H,20,21)/t15-/m1/s1. The average molecular weight is 335 g/mol. The van der Waals surface area contributed by atoms with Crippen molar-refractivity contribution in [3.8, 4) is 0 Å². The van der Waals surface area contributed by atoms with Crippen LogP contribution in [0.3, 0.4) is 0 Å². The summed E-state index contributed by atoms with van der Waals surface area (Å²) in [6.45, 7) is 4.07. The highest BCUT2D eigenvalue weighted by Crippen LogP contribution is 2.21. The summed E-state index contributed by atoms with van der Waals surface area (Å²) in [5.74, 6) is 0.388. The van der Waals surface area contributed by atoms with Crippen LogP contribution in [0.4, 0.5) is 0 Å². The Morgan fingerprint density at radius 3 is 2.68 bits per heavy atom. The number of amides is 1. The zero-order valence-corrected chi connectivity index (χ0v) is 14.2. The lowest BCUT2D eigenvalue weighted by molar-refractivity contribution is -0.119. The second-order valence-corrected chi connectivity index (χ2v) is 6.51. The molecule has 0 aliphatic carbocycles. The predicted octanol–water partition coefficient (Wildman–Crippen LogP) is 4.40. The topological polar surface area (TPSA) is 42.0 Å². The van der Waals surface area contributed by atoms with Gasteiger partial charge < -0.3 is 5.32 Å². The maximum absolute atomic E-state index is 12.1. The van der Waals surface area contributed by atoms with Crippen LogP contribution in [-0.2, 0) is 4.79 Å². The molecule has 0 fully saturated rings. The molecular weight excluding hydrogens is 316 g/mol. The van der Waals surface area contributed by atoms with Crippen LogP contribution >= 0.6 is 23.4 Å². The van der Waals surface area contributed by atoms with Crippen LogP contribution < -0.4 is 5.32 Å². The summed E-state index contributed by atoms with van der Waals surface area (Å²) in [7, 11) is 0. The van der Waals surface area contributed by atoms with Gasteiger partial charge in [0.05, 0.1) is 17.5 Å². The zero-order valence-electron chi connectivity index (χ0n) is 12.7. The number of carbonyl (C=O) groups excluding carboxylic acids is 1. The molecule has 0 spiro atoms. The fourth-order valence-electron chi connectivity index (χ4n) is 2.05. The normalized spacial score (nSPS) is 12.0. The van der Waals surface area contributed by atoms with Crippen molar-refractivity contribution in [1.82, 2.24) is 10.3 Å². The number of pyridine rings is 1. The van der Waals surface area contributed by atoms with E-state index in [9.17, 15) is 4.79 Å². The Morgan fingerprint density at radius 2 is 2.05 bits per heavy atom. The number of hydrogen-bond donors (Lipinski definition) is 1. The van der Waals surface area contributed by atoms with Crippen LogP contribution in [-0.4, -0.2) is 16.6 Å². The Kier molecular flexibility index (Phi) is 6.28. The molecule has 0 saturated heterocycles. The molecule has 116 valence electrons.